The molecule has 0 aliphatic carbocycles. The Morgan fingerprint density at radius 2 is 1.76 bits per heavy atom. The molecule has 1 aliphatic heterocycles. The molecule has 0 saturated heterocycles. The van der Waals surface area contributed by atoms with Crippen molar-refractivity contribution in [1.82, 2.24) is 0 Å². The third-order valence-corrected chi connectivity index (χ3v) is 4.17. The molecule has 0 spiro atoms. The number of hydrogen-bond donors (Lipinski definition) is 0. The highest BCUT2D eigenvalue weighted by atomic mass is 19.4. The van der Waals surface area contributed by atoms with Crippen molar-refractivity contribution in [3.8, 4) is 0 Å². The first-order valence-corrected chi connectivity index (χ1v) is 7.49. The highest BCUT2D eigenvalue weighted by Gasteiger charge is 2.37. The number of halogens is 3. The van der Waals surface area contributed by atoms with Crippen molar-refractivity contribution < 1.29 is 27.5 Å². The molecule has 0 fully saturated rings. The second-order valence-corrected chi connectivity index (χ2v) is 5.62. The van der Waals surface area contributed by atoms with Gasteiger partial charge in [0, 0.05) is 17.8 Å². The number of ether oxygens (including phenoxy) is 1. The molecule has 1 unspecified atom stereocenters. The van der Waals surface area contributed by atoms with Crippen molar-refractivity contribution in [3.63, 3.8) is 0 Å². The van der Waals surface area contributed by atoms with Crippen LogP contribution in [0.1, 0.15) is 27.4 Å². The number of carbonyl (C=O) groups excluding carboxylic acids is 2. The van der Waals surface area contributed by atoms with Gasteiger partial charge in [0.05, 0.1) is 12.7 Å². The van der Waals surface area contributed by atoms with Crippen LogP contribution >= 0.6 is 0 Å². The van der Waals surface area contributed by atoms with Crippen LogP contribution in [0.2, 0.25) is 0 Å². The number of carbonyl (C=O) groups is 2. The monoisotopic (exact) mass is 349 g/mol. The normalized spacial score (nSPS) is 17.2. The highest BCUT2D eigenvalue weighted by Crippen LogP contribution is 2.34. The van der Waals surface area contributed by atoms with Gasteiger partial charge in [0.2, 0.25) is 0 Å². The molecule has 0 aromatic heterocycles. The van der Waals surface area contributed by atoms with Gasteiger partial charge in [0.15, 0.2) is 0 Å². The summed E-state index contributed by atoms with van der Waals surface area (Å²) < 4.78 is 42.9. The average Bonchev–Trinajstić information content (AvgIpc) is 2.61. The summed E-state index contributed by atoms with van der Waals surface area (Å²) in [7, 11) is 1.25. The number of rotatable bonds is 2. The van der Waals surface area contributed by atoms with Crippen LogP contribution in [0, 0.1) is 0 Å². The van der Waals surface area contributed by atoms with Gasteiger partial charge >= 0.3 is 12.1 Å². The Bertz CT molecular complexity index is 815. The van der Waals surface area contributed by atoms with E-state index in [2.05, 4.69) is 0 Å². The van der Waals surface area contributed by atoms with E-state index in [1.165, 1.54) is 24.1 Å². The zero-order valence-electron chi connectivity index (χ0n) is 13.2. The van der Waals surface area contributed by atoms with Gasteiger partial charge in [-0.3, -0.25) is 9.59 Å². The standard InChI is InChI=1S/C18H14F3NO3/c1-25-17(24)15-10-22(16(23)14-5-3-2-4-13(14)15)12-8-6-11(7-9-12)18(19,20)21/h2-9,15H,10H2,1H3. The van der Waals surface area contributed by atoms with Gasteiger partial charge in [-0.05, 0) is 35.9 Å². The number of alkyl halides is 3. The first-order chi connectivity index (χ1) is 11.8. The van der Waals surface area contributed by atoms with Crippen LogP contribution in [0.3, 0.4) is 0 Å². The maximum absolute atomic E-state index is 12.7. The van der Waals surface area contributed by atoms with Crippen LogP contribution in [0.5, 0.6) is 0 Å². The minimum absolute atomic E-state index is 0.00782. The molecule has 130 valence electrons. The third-order valence-electron chi connectivity index (χ3n) is 4.17. The number of hydrogen-bond acceptors (Lipinski definition) is 3. The van der Waals surface area contributed by atoms with E-state index in [4.69, 9.17) is 4.74 Å². The first-order valence-electron chi connectivity index (χ1n) is 7.49. The fourth-order valence-electron chi connectivity index (χ4n) is 2.90. The number of nitrogens with zero attached hydrogens (tertiary/aromatic N) is 1. The van der Waals surface area contributed by atoms with Crippen molar-refractivity contribution >= 4 is 17.6 Å². The number of fused-ring (bicyclic) bond motifs is 1. The predicted molar refractivity (Wildman–Crippen MR) is 84.3 cm³/mol. The van der Waals surface area contributed by atoms with Gasteiger partial charge in [-0.25, -0.2) is 0 Å². The molecular formula is C18H14F3NO3. The minimum atomic E-state index is -4.45. The molecule has 3 rings (SSSR count). The smallest absolute Gasteiger partial charge is 0.416 e. The molecule has 0 bridgehead atoms. The zero-order chi connectivity index (χ0) is 18.2. The second-order valence-electron chi connectivity index (χ2n) is 5.62. The van der Waals surface area contributed by atoms with Crippen molar-refractivity contribution in [2.24, 2.45) is 0 Å². The second kappa shape index (κ2) is 6.23. The van der Waals surface area contributed by atoms with Crippen molar-refractivity contribution in [2.75, 3.05) is 18.6 Å². The molecule has 25 heavy (non-hydrogen) atoms. The van der Waals surface area contributed by atoms with Crippen molar-refractivity contribution in [2.45, 2.75) is 12.1 Å². The largest absolute Gasteiger partial charge is 0.468 e. The van der Waals surface area contributed by atoms with E-state index in [1.807, 2.05) is 0 Å². The van der Waals surface area contributed by atoms with Crippen LogP contribution in [0.15, 0.2) is 48.5 Å². The molecule has 0 N–H and O–H groups in total. The van der Waals surface area contributed by atoms with E-state index in [1.54, 1.807) is 24.3 Å². The molecule has 1 heterocycles. The topological polar surface area (TPSA) is 46.6 Å². The molecule has 2 aromatic carbocycles. The Balaban J connectivity index is 2.00. The van der Waals surface area contributed by atoms with Gasteiger partial charge in [0.25, 0.3) is 5.91 Å². The highest BCUT2D eigenvalue weighted by molar-refractivity contribution is 6.10. The summed E-state index contributed by atoms with van der Waals surface area (Å²) in [6.45, 7) is 0.00782. The van der Waals surface area contributed by atoms with Crippen LogP contribution < -0.4 is 4.90 Å². The lowest BCUT2D eigenvalue weighted by Crippen LogP contribution is -2.42. The minimum Gasteiger partial charge on any atom is -0.468 e. The Hall–Kier alpha value is -2.83. The molecule has 1 atom stereocenters. The summed E-state index contributed by atoms with van der Waals surface area (Å²) in [5, 5.41) is 0. The lowest BCUT2D eigenvalue weighted by atomic mass is 9.89. The molecule has 0 saturated carbocycles. The van der Waals surface area contributed by atoms with E-state index in [9.17, 15) is 22.8 Å². The average molecular weight is 349 g/mol. The van der Waals surface area contributed by atoms with Crippen LogP contribution in [0.25, 0.3) is 0 Å². The SMILES string of the molecule is COC(=O)C1CN(c2ccc(C(F)(F)F)cc2)C(=O)c2ccccc21. The molecule has 1 aliphatic rings. The van der Waals surface area contributed by atoms with Gasteiger partial charge in [-0.1, -0.05) is 18.2 Å². The van der Waals surface area contributed by atoms with Gasteiger partial charge in [-0.2, -0.15) is 13.2 Å². The van der Waals surface area contributed by atoms with Crippen molar-refractivity contribution in [1.29, 1.82) is 0 Å². The molecule has 2 aromatic rings. The number of methoxy groups -OCH3 is 1. The maximum atomic E-state index is 12.7. The fourth-order valence-corrected chi connectivity index (χ4v) is 2.90. The lowest BCUT2D eigenvalue weighted by molar-refractivity contribution is -0.142. The van der Waals surface area contributed by atoms with E-state index in [0.717, 1.165) is 12.1 Å². The molecular weight excluding hydrogens is 335 g/mol. The van der Waals surface area contributed by atoms with E-state index >= 15 is 0 Å². The third kappa shape index (κ3) is 3.09. The summed E-state index contributed by atoms with van der Waals surface area (Å²) in [5.74, 6) is -1.56. The van der Waals surface area contributed by atoms with Gasteiger partial charge < -0.3 is 9.64 Å². The van der Waals surface area contributed by atoms with Crippen LogP contribution in [-0.2, 0) is 15.7 Å². The Morgan fingerprint density at radius 3 is 2.36 bits per heavy atom. The predicted octanol–water partition coefficient (Wildman–Crippen LogP) is 3.62. The number of esters is 1. The molecule has 7 heteroatoms. The Labute approximate surface area is 141 Å². The fraction of sp³-hybridized carbons (Fsp3) is 0.222. The lowest BCUT2D eigenvalue weighted by Gasteiger charge is -2.33. The Kier molecular flexibility index (Phi) is 4.24. The van der Waals surface area contributed by atoms with E-state index in [-0.39, 0.29) is 12.5 Å². The van der Waals surface area contributed by atoms with Crippen LogP contribution in [0.4, 0.5) is 18.9 Å². The zero-order valence-corrected chi connectivity index (χ0v) is 13.2. The van der Waals surface area contributed by atoms with Crippen molar-refractivity contribution in [3.05, 3.63) is 65.2 Å². The maximum Gasteiger partial charge on any atom is 0.416 e. The molecule has 1 amide bonds. The summed E-state index contributed by atoms with van der Waals surface area (Å²) in [5.41, 5.74) is 0.388. The van der Waals surface area contributed by atoms with Gasteiger partial charge in [-0.15, -0.1) is 0 Å². The number of benzene rings is 2. The van der Waals surface area contributed by atoms with E-state index in [0.29, 0.717) is 16.8 Å². The quantitative estimate of drug-likeness (QED) is 0.778. The summed E-state index contributed by atoms with van der Waals surface area (Å²) in [6, 6.07) is 10.9. The van der Waals surface area contributed by atoms with E-state index < -0.39 is 23.6 Å². The first kappa shape index (κ1) is 17.0. The summed E-state index contributed by atoms with van der Waals surface area (Å²) >= 11 is 0. The number of amides is 1. The summed E-state index contributed by atoms with van der Waals surface area (Å²) in [6.07, 6.45) is -4.45. The van der Waals surface area contributed by atoms with Gasteiger partial charge in [0.1, 0.15) is 5.92 Å². The Morgan fingerprint density at radius 1 is 1.12 bits per heavy atom. The summed E-state index contributed by atoms with van der Waals surface area (Å²) in [4.78, 5) is 26.1. The molecule has 0 radical (unpaired) electrons. The molecule has 4 nitrogen and oxygen atoms in total. The van der Waals surface area contributed by atoms with Crippen LogP contribution in [-0.4, -0.2) is 25.5 Å². The number of anilines is 1.